The Morgan fingerprint density at radius 1 is 1.17 bits per heavy atom. The zero-order chi connectivity index (χ0) is 21.0. The summed E-state index contributed by atoms with van der Waals surface area (Å²) in [5, 5.41) is 7.80. The number of sulfone groups is 1. The maximum Gasteiger partial charge on any atom is 0.253 e. The van der Waals surface area contributed by atoms with Gasteiger partial charge in [0.25, 0.3) is 5.78 Å². The van der Waals surface area contributed by atoms with E-state index in [1.165, 1.54) is 11.8 Å². The fourth-order valence-corrected chi connectivity index (χ4v) is 4.66. The molecule has 29 heavy (non-hydrogen) atoms. The Morgan fingerprint density at radius 2 is 1.90 bits per heavy atom. The number of fused-ring (bicyclic) bond motifs is 1. The fraction of sp³-hybridized carbons (Fsp3) is 0.368. The number of amides is 1. The second kappa shape index (κ2) is 8.91. The van der Waals surface area contributed by atoms with Crippen LogP contribution in [0.25, 0.3) is 5.78 Å². The minimum absolute atomic E-state index is 0.0146. The third kappa shape index (κ3) is 4.94. The molecule has 0 radical (unpaired) electrons. The van der Waals surface area contributed by atoms with Crippen LogP contribution >= 0.6 is 11.8 Å². The molecule has 0 atom stereocenters. The first-order valence-corrected chi connectivity index (χ1v) is 12.0. The predicted octanol–water partition coefficient (Wildman–Crippen LogP) is 1.99. The van der Waals surface area contributed by atoms with Gasteiger partial charge in [-0.25, -0.2) is 17.9 Å². The SMILES string of the molecule is CSc1nc2nc(C)c(CC(=O)NCCCS(=O)(=O)c3ccccc3)c(C)n2n1. The Hall–Kier alpha value is -2.46. The Morgan fingerprint density at radius 3 is 2.59 bits per heavy atom. The third-order valence-corrected chi connectivity index (χ3v) is 6.92. The Labute approximate surface area is 174 Å². The van der Waals surface area contributed by atoms with Crippen LogP contribution in [0.5, 0.6) is 0 Å². The first-order valence-electron chi connectivity index (χ1n) is 9.13. The first-order chi connectivity index (χ1) is 13.8. The van der Waals surface area contributed by atoms with Gasteiger partial charge in [-0.1, -0.05) is 30.0 Å². The lowest BCUT2D eigenvalue weighted by Gasteiger charge is -2.11. The average Bonchev–Trinajstić information content (AvgIpc) is 3.12. The van der Waals surface area contributed by atoms with Crippen molar-refractivity contribution in [3.05, 3.63) is 47.3 Å². The number of hydrogen-bond acceptors (Lipinski definition) is 7. The van der Waals surface area contributed by atoms with E-state index in [-0.39, 0.29) is 18.1 Å². The summed E-state index contributed by atoms with van der Waals surface area (Å²) in [5.74, 6) is 0.318. The number of aryl methyl sites for hydroxylation is 2. The van der Waals surface area contributed by atoms with E-state index in [9.17, 15) is 13.2 Å². The predicted molar refractivity (Wildman–Crippen MR) is 112 cm³/mol. The van der Waals surface area contributed by atoms with Gasteiger partial charge in [0.1, 0.15) is 0 Å². The number of aromatic nitrogens is 4. The van der Waals surface area contributed by atoms with E-state index in [4.69, 9.17) is 0 Å². The number of benzene rings is 1. The molecule has 0 aliphatic rings. The van der Waals surface area contributed by atoms with Crippen LogP contribution in [-0.4, -0.2) is 52.5 Å². The van der Waals surface area contributed by atoms with Gasteiger partial charge in [0.05, 0.1) is 17.1 Å². The van der Waals surface area contributed by atoms with Gasteiger partial charge < -0.3 is 5.32 Å². The van der Waals surface area contributed by atoms with Gasteiger partial charge in [0.15, 0.2) is 9.84 Å². The van der Waals surface area contributed by atoms with Crippen LogP contribution in [0, 0.1) is 13.8 Å². The first kappa shape index (κ1) is 21.3. The molecule has 1 amide bonds. The van der Waals surface area contributed by atoms with E-state index >= 15 is 0 Å². The zero-order valence-electron chi connectivity index (χ0n) is 16.5. The second-order valence-electron chi connectivity index (χ2n) is 6.58. The van der Waals surface area contributed by atoms with Gasteiger partial charge in [-0.2, -0.15) is 4.98 Å². The minimum atomic E-state index is -3.34. The van der Waals surface area contributed by atoms with E-state index in [0.29, 0.717) is 28.8 Å². The van der Waals surface area contributed by atoms with Crippen LogP contribution in [0.15, 0.2) is 40.4 Å². The van der Waals surface area contributed by atoms with Crippen molar-refractivity contribution in [1.29, 1.82) is 0 Å². The molecule has 0 aliphatic carbocycles. The topological polar surface area (TPSA) is 106 Å². The van der Waals surface area contributed by atoms with Gasteiger partial charge in [-0.05, 0) is 38.7 Å². The van der Waals surface area contributed by atoms with Gasteiger partial charge in [0.2, 0.25) is 11.1 Å². The van der Waals surface area contributed by atoms with Crippen molar-refractivity contribution in [2.45, 2.75) is 36.7 Å². The standard InChI is InChI=1S/C19H23N5O3S2/c1-13-16(14(2)24-18(21-13)22-19(23-24)28-3)12-17(25)20-10-7-11-29(26,27)15-8-5-4-6-9-15/h4-6,8-9H,7,10-12H2,1-3H3,(H,20,25). The normalized spacial score (nSPS) is 11.7. The number of carbonyl (C=O) groups is 1. The molecule has 0 spiro atoms. The summed E-state index contributed by atoms with van der Waals surface area (Å²) >= 11 is 1.43. The smallest absolute Gasteiger partial charge is 0.253 e. The van der Waals surface area contributed by atoms with Crippen LogP contribution in [0.2, 0.25) is 0 Å². The summed E-state index contributed by atoms with van der Waals surface area (Å²) in [7, 11) is -3.34. The molecule has 0 aliphatic heterocycles. The molecule has 1 N–H and O–H groups in total. The van der Waals surface area contributed by atoms with Gasteiger partial charge >= 0.3 is 0 Å². The molecule has 0 saturated heterocycles. The van der Waals surface area contributed by atoms with Crippen molar-refractivity contribution in [3.63, 3.8) is 0 Å². The average molecular weight is 434 g/mol. The van der Waals surface area contributed by atoms with Crippen molar-refractivity contribution in [2.75, 3.05) is 18.6 Å². The quantitative estimate of drug-likeness (QED) is 0.428. The molecule has 0 fully saturated rings. The van der Waals surface area contributed by atoms with E-state index in [2.05, 4.69) is 20.4 Å². The highest BCUT2D eigenvalue weighted by Crippen LogP contribution is 2.17. The van der Waals surface area contributed by atoms with Crippen LogP contribution < -0.4 is 5.32 Å². The molecule has 2 heterocycles. The highest BCUT2D eigenvalue weighted by Gasteiger charge is 2.17. The van der Waals surface area contributed by atoms with Crippen molar-refractivity contribution >= 4 is 33.3 Å². The third-order valence-electron chi connectivity index (χ3n) is 4.56. The monoisotopic (exact) mass is 433 g/mol. The van der Waals surface area contributed by atoms with Crippen molar-refractivity contribution in [3.8, 4) is 0 Å². The lowest BCUT2D eigenvalue weighted by molar-refractivity contribution is -0.120. The molecule has 0 saturated carbocycles. The summed E-state index contributed by atoms with van der Waals surface area (Å²) in [6.07, 6.45) is 2.39. The van der Waals surface area contributed by atoms with E-state index in [0.717, 1.165) is 17.0 Å². The van der Waals surface area contributed by atoms with Gasteiger partial charge in [-0.15, -0.1) is 5.10 Å². The maximum atomic E-state index is 12.4. The minimum Gasteiger partial charge on any atom is -0.356 e. The van der Waals surface area contributed by atoms with Crippen molar-refractivity contribution in [2.24, 2.45) is 0 Å². The maximum absolute atomic E-state index is 12.4. The number of carbonyl (C=O) groups excluding carboxylic acids is 1. The summed E-state index contributed by atoms with van der Waals surface area (Å²) in [4.78, 5) is 21.4. The van der Waals surface area contributed by atoms with Crippen LogP contribution in [0.4, 0.5) is 0 Å². The van der Waals surface area contributed by atoms with Crippen molar-refractivity contribution in [1.82, 2.24) is 24.9 Å². The summed E-state index contributed by atoms with van der Waals surface area (Å²) in [6.45, 7) is 4.02. The molecule has 1 aromatic carbocycles. The highest BCUT2D eigenvalue weighted by atomic mass is 32.2. The lowest BCUT2D eigenvalue weighted by Crippen LogP contribution is -2.28. The molecule has 0 bridgehead atoms. The highest BCUT2D eigenvalue weighted by molar-refractivity contribution is 7.98. The molecule has 154 valence electrons. The Balaban J connectivity index is 1.58. The lowest BCUT2D eigenvalue weighted by atomic mass is 10.1. The molecule has 10 heteroatoms. The van der Waals surface area contributed by atoms with E-state index in [1.54, 1.807) is 34.8 Å². The molecular formula is C19H23N5O3S2. The molecule has 0 unspecified atom stereocenters. The molecule has 3 rings (SSSR count). The number of hydrogen-bond donors (Lipinski definition) is 1. The largest absolute Gasteiger partial charge is 0.356 e. The Bertz CT molecular complexity index is 1130. The number of nitrogens with one attached hydrogen (secondary N) is 1. The number of thioether (sulfide) groups is 1. The second-order valence-corrected chi connectivity index (χ2v) is 9.47. The van der Waals surface area contributed by atoms with Gasteiger partial charge in [0, 0.05) is 23.5 Å². The summed E-state index contributed by atoms with van der Waals surface area (Å²) < 4.78 is 26.2. The summed E-state index contributed by atoms with van der Waals surface area (Å²) in [6, 6.07) is 8.32. The Kier molecular flexibility index (Phi) is 6.53. The number of rotatable bonds is 8. The van der Waals surface area contributed by atoms with Crippen LogP contribution in [0.3, 0.4) is 0 Å². The fourth-order valence-electron chi connectivity index (χ4n) is 2.99. The van der Waals surface area contributed by atoms with E-state index in [1.807, 2.05) is 20.1 Å². The number of nitrogens with zero attached hydrogens (tertiary/aromatic N) is 4. The summed E-state index contributed by atoms with van der Waals surface area (Å²) in [5.41, 5.74) is 2.35. The zero-order valence-corrected chi connectivity index (χ0v) is 18.2. The molecule has 8 nitrogen and oxygen atoms in total. The van der Waals surface area contributed by atoms with Crippen molar-refractivity contribution < 1.29 is 13.2 Å². The van der Waals surface area contributed by atoms with Crippen LogP contribution in [-0.2, 0) is 21.1 Å². The van der Waals surface area contributed by atoms with Gasteiger partial charge in [-0.3, -0.25) is 4.79 Å². The molecule has 2 aromatic heterocycles. The van der Waals surface area contributed by atoms with Crippen LogP contribution in [0.1, 0.15) is 23.4 Å². The molecular weight excluding hydrogens is 410 g/mol. The molecule has 3 aromatic rings. The van der Waals surface area contributed by atoms with E-state index < -0.39 is 9.84 Å².